The van der Waals surface area contributed by atoms with E-state index in [2.05, 4.69) is 33.5 Å². The highest BCUT2D eigenvalue weighted by molar-refractivity contribution is 8.00. The first-order valence-corrected chi connectivity index (χ1v) is 20.8. The Bertz CT molecular complexity index is 2330. The molecule has 24 heteroatoms. The van der Waals surface area contributed by atoms with E-state index in [0.717, 1.165) is 32.7 Å². The molecule has 0 saturated carbocycles. The number of amides is 2. The summed E-state index contributed by atoms with van der Waals surface area (Å²) in [6.45, 7) is 2.45. The maximum atomic E-state index is 12.7. The zero-order valence-corrected chi connectivity index (χ0v) is 33.6. The second-order valence-corrected chi connectivity index (χ2v) is 16.8. The summed E-state index contributed by atoms with van der Waals surface area (Å²) in [6.07, 6.45) is 3.68. The molecule has 2 heterocycles. The number of carbonyl (C=O) groups is 4. The van der Waals surface area contributed by atoms with Crippen molar-refractivity contribution in [3.8, 4) is 0 Å². The summed E-state index contributed by atoms with van der Waals surface area (Å²) in [5, 5.41) is 29.7. The van der Waals surface area contributed by atoms with E-state index in [4.69, 9.17) is 5.11 Å². The van der Waals surface area contributed by atoms with Gasteiger partial charge in [0.2, 0.25) is 21.7 Å². The number of thioether (sulfide) groups is 1. The van der Waals surface area contributed by atoms with Crippen LogP contribution in [0.15, 0.2) is 98.1 Å². The summed E-state index contributed by atoms with van der Waals surface area (Å²) in [6, 6.07) is 13.6. The van der Waals surface area contributed by atoms with E-state index < -0.39 is 72.1 Å². The van der Waals surface area contributed by atoms with Crippen LogP contribution < -0.4 is 22.0 Å². The minimum atomic E-state index is -3.77. The summed E-state index contributed by atoms with van der Waals surface area (Å²) in [4.78, 5) is 67.0. The first kappa shape index (κ1) is 55.6. The molecule has 0 fully saturated rings. The highest BCUT2D eigenvalue weighted by Crippen LogP contribution is 2.26. The van der Waals surface area contributed by atoms with E-state index in [-0.39, 0.29) is 49.5 Å². The van der Waals surface area contributed by atoms with Crippen LogP contribution in [0.4, 0.5) is 0 Å². The average Bonchev–Trinajstić information content (AvgIpc) is 3.66. The van der Waals surface area contributed by atoms with Gasteiger partial charge in [0.15, 0.2) is 9.84 Å². The van der Waals surface area contributed by atoms with Gasteiger partial charge in [0, 0.05) is 45.6 Å². The van der Waals surface area contributed by atoms with Gasteiger partial charge in [-0.15, -0.1) is 11.8 Å². The highest BCUT2D eigenvalue weighted by Gasteiger charge is 2.28. The molecule has 0 aliphatic carbocycles. The molecule has 328 valence electrons. The number of hydrogen-bond acceptors (Lipinski definition) is 14. The van der Waals surface area contributed by atoms with Crippen molar-refractivity contribution in [2.45, 2.75) is 63.4 Å². The Hall–Kier alpha value is -5.46. The topological polar surface area (TPSA) is 281 Å². The Morgan fingerprint density at radius 2 is 1.22 bits per heavy atom. The SMILES string of the molecule is C.C.C.CC(=O)N[C@@H](CS)C(=O)O.CC(=O)N[C@@H](CSC(CS(=O)(=O)c1ccccc1)n1ncn(C)c1=O)C(=O)O.Cn1cnn(/C=C/S(=O)(=O)c2ccccc2)c1=O. The number of carboxylic acid groups (broad SMARTS) is 2. The molecule has 2 aromatic heterocycles. The zero-order chi connectivity index (χ0) is 42.2. The Labute approximate surface area is 352 Å². The molecular formula is C35H52N8O12S4. The smallest absolute Gasteiger partial charge is 0.349 e. The molecule has 0 aliphatic heterocycles. The molecule has 3 atom stereocenters. The van der Waals surface area contributed by atoms with Gasteiger partial charge in [-0.25, -0.2) is 36.0 Å². The molecule has 4 aromatic rings. The van der Waals surface area contributed by atoms with Crippen molar-refractivity contribution in [2.24, 2.45) is 14.1 Å². The number of hydrogen-bond donors (Lipinski definition) is 5. The van der Waals surface area contributed by atoms with Gasteiger partial charge in [-0.3, -0.25) is 18.7 Å². The summed E-state index contributed by atoms with van der Waals surface area (Å²) in [5.74, 6) is -3.73. The first-order valence-electron chi connectivity index (χ1n) is 15.9. The molecule has 0 spiro atoms. The molecular weight excluding hydrogens is 853 g/mol. The van der Waals surface area contributed by atoms with Crippen LogP contribution in [0, 0.1) is 0 Å². The number of nitrogens with one attached hydrogen (secondary N) is 2. The molecule has 2 aromatic carbocycles. The number of aliphatic carboxylic acids is 2. The number of nitrogens with zero attached hydrogens (tertiary/aromatic N) is 6. The lowest BCUT2D eigenvalue weighted by atomic mass is 10.3. The number of aromatic nitrogens is 6. The van der Waals surface area contributed by atoms with Crippen molar-refractivity contribution in [1.82, 2.24) is 39.3 Å². The van der Waals surface area contributed by atoms with Crippen LogP contribution >= 0.6 is 24.4 Å². The van der Waals surface area contributed by atoms with Gasteiger partial charge < -0.3 is 20.8 Å². The number of sulfone groups is 2. The number of carbonyl (C=O) groups excluding carboxylic acids is 2. The Morgan fingerprint density at radius 3 is 1.61 bits per heavy atom. The standard InChI is InChI=1S/C16H20N4O6S2.C11H11N3O3S.C5H9NO3S.3CH4/c1-11(21)18-13(15(22)23)8-27-14(20-16(24)19(2)10-17-20)9-28(25,26)12-6-4-3-5-7-12;1-13-9-12-14(11(13)15)7-8-18(16,17)10-5-3-2-4-6-10;1-3(7)6-4(2-10)5(8)9;;;/h3-7,10,13-14H,8-9H2,1-2H3,(H,18,21)(H,22,23);2-9H,1H3;4,10H,2H2,1H3,(H,6,7)(H,8,9);3*1H4/b;8-7+;;;;/t13-,14?;;4-;;;/m0.0.../s1. The molecule has 4 rings (SSSR count). The lowest BCUT2D eigenvalue weighted by Crippen LogP contribution is -2.42. The summed E-state index contributed by atoms with van der Waals surface area (Å²) in [5.41, 5.74) is -0.943. The van der Waals surface area contributed by atoms with Crippen molar-refractivity contribution < 1.29 is 46.2 Å². The van der Waals surface area contributed by atoms with Gasteiger partial charge >= 0.3 is 23.3 Å². The molecule has 4 N–H and O–H groups in total. The van der Waals surface area contributed by atoms with E-state index in [1.165, 1.54) is 74.0 Å². The summed E-state index contributed by atoms with van der Waals surface area (Å²) in [7, 11) is -4.32. The van der Waals surface area contributed by atoms with Crippen molar-refractivity contribution in [3.63, 3.8) is 0 Å². The average molecular weight is 905 g/mol. The number of rotatable bonds is 15. The van der Waals surface area contributed by atoms with Crippen LogP contribution in [-0.4, -0.2) is 109 Å². The van der Waals surface area contributed by atoms with Gasteiger partial charge in [0.05, 0.1) is 21.0 Å². The second-order valence-electron chi connectivity index (χ2n) is 11.3. The number of thiol groups is 1. The Balaban J connectivity index is 0. The fourth-order valence-corrected chi connectivity index (χ4v) is 8.42. The minimum Gasteiger partial charge on any atom is -0.480 e. The Kier molecular flexibility index (Phi) is 24.3. The van der Waals surface area contributed by atoms with E-state index >= 15 is 0 Å². The molecule has 0 aliphatic rings. The molecule has 20 nitrogen and oxygen atoms in total. The van der Waals surface area contributed by atoms with Crippen LogP contribution in [0.5, 0.6) is 0 Å². The first-order chi connectivity index (χ1) is 26.2. The predicted octanol–water partition coefficient (Wildman–Crippen LogP) is 1.77. The lowest BCUT2D eigenvalue weighted by Gasteiger charge is -2.19. The highest BCUT2D eigenvalue weighted by atomic mass is 32.2. The number of aryl methyl sites for hydroxylation is 2. The maximum absolute atomic E-state index is 12.7. The van der Waals surface area contributed by atoms with Gasteiger partial charge in [-0.2, -0.15) is 32.2 Å². The second kappa shape index (κ2) is 25.8. The molecule has 59 heavy (non-hydrogen) atoms. The van der Waals surface area contributed by atoms with Crippen molar-refractivity contribution in [2.75, 3.05) is 17.3 Å². The van der Waals surface area contributed by atoms with Crippen molar-refractivity contribution in [1.29, 1.82) is 0 Å². The van der Waals surface area contributed by atoms with Crippen LogP contribution in [0.1, 0.15) is 41.5 Å². The minimum absolute atomic E-state index is 0. The van der Waals surface area contributed by atoms with E-state index in [1.54, 1.807) is 36.4 Å². The molecule has 1 unspecified atom stereocenters. The van der Waals surface area contributed by atoms with Gasteiger partial charge in [-0.05, 0) is 24.3 Å². The van der Waals surface area contributed by atoms with Gasteiger partial charge in [0.1, 0.15) is 30.1 Å². The zero-order valence-electron chi connectivity index (χ0n) is 30.3. The van der Waals surface area contributed by atoms with Crippen molar-refractivity contribution >= 4 is 74.0 Å². The van der Waals surface area contributed by atoms with Crippen LogP contribution in [0.3, 0.4) is 0 Å². The maximum Gasteiger partial charge on any atom is 0.349 e. The van der Waals surface area contributed by atoms with Crippen LogP contribution in [-0.2, 0) is 52.9 Å². The fraction of sp³-hybridized carbons (Fsp3) is 0.371. The third-order valence-electron chi connectivity index (χ3n) is 6.87. The van der Waals surface area contributed by atoms with Gasteiger partial charge in [0.25, 0.3) is 0 Å². The molecule has 0 saturated heterocycles. The normalized spacial score (nSPS) is 12.2. The third-order valence-corrected chi connectivity index (χ3v) is 11.9. The predicted molar refractivity (Wildman–Crippen MR) is 228 cm³/mol. The van der Waals surface area contributed by atoms with Gasteiger partial charge in [-0.1, -0.05) is 58.7 Å². The van der Waals surface area contributed by atoms with E-state index in [9.17, 15) is 50.7 Å². The monoisotopic (exact) mass is 904 g/mol. The lowest BCUT2D eigenvalue weighted by molar-refractivity contribution is -0.141. The molecule has 0 radical (unpaired) electrons. The van der Waals surface area contributed by atoms with Crippen LogP contribution in [0.25, 0.3) is 6.20 Å². The largest absolute Gasteiger partial charge is 0.480 e. The quantitative estimate of drug-likeness (QED) is 0.106. The summed E-state index contributed by atoms with van der Waals surface area (Å²) >= 11 is 4.65. The number of benzene rings is 2. The number of carboxylic acids is 2. The molecule has 2 amide bonds. The summed E-state index contributed by atoms with van der Waals surface area (Å²) < 4.78 is 53.6. The van der Waals surface area contributed by atoms with E-state index in [1.807, 2.05) is 0 Å². The Morgan fingerprint density at radius 1 is 0.763 bits per heavy atom. The van der Waals surface area contributed by atoms with Crippen molar-refractivity contribution in [3.05, 3.63) is 99.7 Å². The van der Waals surface area contributed by atoms with E-state index in [0.29, 0.717) is 0 Å². The van der Waals surface area contributed by atoms with Crippen LogP contribution in [0.2, 0.25) is 0 Å². The third kappa shape index (κ3) is 17.9. The fourth-order valence-electron chi connectivity index (χ4n) is 4.07. The molecule has 0 bridgehead atoms.